The first-order chi connectivity index (χ1) is 19.7. The van der Waals surface area contributed by atoms with E-state index in [-0.39, 0.29) is 12.2 Å². The fourth-order valence-electron chi connectivity index (χ4n) is 3.64. The summed E-state index contributed by atoms with van der Waals surface area (Å²) in [7, 11) is 1.50. The molecule has 0 unspecified atom stereocenters. The van der Waals surface area contributed by atoms with Gasteiger partial charge in [0.2, 0.25) is 0 Å². The predicted molar refractivity (Wildman–Crippen MR) is 166 cm³/mol. The number of ether oxygens (including phenoxy) is 3. The molecule has 4 rings (SSSR count). The molecule has 0 saturated heterocycles. The Morgan fingerprint density at radius 2 is 1.59 bits per heavy atom. The molecule has 4 aromatic carbocycles. The van der Waals surface area contributed by atoms with E-state index in [4.69, 9.17) is 49.0 Å². The van der Waals surface area contributed by atoms with E-state index in [1.54, 1.807) is 60.7 Å². The lowest BCUT2D eigenvalue weighted by Gasteiger charge is -2.14. The third kappa shape index (κ3) is 8.42. The smallest absolute Gasteiger partial charge is 0.266 e. The number of nitrogens with zero attached hydrogens (tertiary/aromatic N) is 1. The topological polar surface area (TPSA) is 80.6 Å². The first kappa shape index (κ1) is 30.3. The average Bonchev–Trinajstić information content (AvgIpc) is 2.97. The van der Waals surface area contributed by atoms with Crippen LogP contribution in [0, 0.1) is 11.3 Å². The van der Waals surface area contributed by atoms with Gasteiger partial charge in [-0.15, -0.1) is 0 Å². The zero-order chi connectivity index (χ0) is 29.4. The van der Waals surface area contributed by atoms with Crippen LogP contribution in [0.25, 0.3) is 6.08 Å². The maximum absolute atomic E-state index is 12.9. The lowest BCUT2D eigenvalue weighted by atomic mass is 10.1. The number of hydrogen-bond acceptors (Lipinski definition) is 5. The molecule has 0 aromatic heterocycles. The van der Waals surface area contributed by atoms with Crippen LogP contribution in [0.15, 0.2) is 88.9 Å². The molecule has 1 amide bonds. The number of benzene rings is 4. The summed E-state index contributed by atoms with van der Waals surface area (Å²) in [5, 5.41) is 14.0. The van der Waals surface area contributed by atoms with E-state index >= 15 is 0 Å². The largest absolute Gasteiger partial charge is 0.493 e. The number of nitriles is 1. The van der Waals surface area contributed by atoms with Crippen molar-refractivity contribution in [1.29, 1.82) is 5.26 Å². The molecule has 41 heavy (non-hydrogen) atoms. The fraction of sp³-hybridized carbons (Fsp3) is 0.0968. The van der Waals surface area contributed by atoms with Gasteiger partial charge in [0.05, 0.1) is 21.6 Å². The minimum Gasteiger partial charge on any atom is -0.493 e. The molecule has 0 bridgehead atoms. The second-order valence-electron chi connectivity index (χ2n) is 8.63. The molecular formula is C31H22BrCl3N2O4. The second-order valence-corrected chi connectivity index (χ2v) is 10.7. The van der Waals surface area contributed by atoms with Crippen LogP contribution < -0.4 is 19.5 Å². The Morgan fingerprint density at radius 1 is 0.902 bits per heavy atom. The molecule has 0 aliphatic rings. The van der Waals surface area contributed by atoms with Crippen LogP contribution in [0.4, 0.5) is 5.69 Å². The molecular weight excluding hydrogens is 651 g/mol. The van der Waals surface area contributed by atoms with Crippen molar-refractivity contribution >= 4 is 68.4 Å². The highest BCUT2D eigenvalue weighted by atomic mass is 79.9. The molecule has 0 heterocycles. The summed E-state index contributed by atoms with van der Waals surface area (Å²) < 4.78 is 17.8. The van der Waals surface area contributed by atoms with E-state index in [0.717, 1.165) is 11.1 Å². The van der Waals surface area contributed by atoms with Gasteiger partial charge in [-0.1, -0.05) is 53.0 Å². The van der Waals surface area contributed by atoms with Crippen LogP contribution in [0.3, 0.4) is 0 Å². The number of anilines is 1. The van der Waals surface area contributed by atoms with Crippen molar-refractivity contribution in [2.75, 3.05) is 12.4 Å². The van der Waals surface area contributed by atoms with E-state index in [1.807, 2.05) is 24.3 Å². The molecule has 6 nitrogen and oxygen atoms in total. The van der Waals surface area contributed by atoms with Gasteiger partial charge in [0.25, 0.3) is 5.91 Å². The lowest BCUT2D eigenvalue weighted by Crippen LogP contribution is -2.13. The molecule has 0 radical (unpaired) electrons. The van der Waals surface area contributed by atoms with Crippen LogP contribution in [0.2, 0.25) is 15.1 Å². The van der Waals surface area contributed by atoms with Crippen molar-refractivity contribution < 1.29 is 19.0 Å². The van der Waals surface area contributed by atoms with Crippen molar-refractivity contribution in [2.24, 2.45) is 0 Å². The van der Waals surface area contributed by atoms with Gasteiger partial charge in [0.15, 0.2) is 11.5 Å². The van der Waals surface area contributed by atoms with E-state index in [1.165, 1.54) is 13.2 Å². The molecule has 0 aliphatic heterocycles. The highest BCUT2D eigenvalue weighted by molar-refractivity contribution is 9.10. The van der Waals surface area contributed by atoms with Gasteiger partial charge in [0, 0.05) is 10.7 Å². The van der Waals surface area contributed by atoms with Gasteiger partial charge >= 0.3 is 0 Å². The molecule has 0 aliphatic carbocycles. The summed E-state index contributed by atoms with van der Waals surface area (Å²) in [4.78, 5) is 12.9. The van der Waals surface area contributed by atoms with Gasteiger partial charge in [-0.25, -0.2) is 0 Å². The first-order valence-corrected chi connectivity index (χ1v) is 14.0. The number of amides is 1. The molecule has 0 spiro atoms. The van der Waals surface area contributed by atoms with Gasteiger partial charge < -0.3 is 19.5 Å². The molecule has 0 atom stereocenters. The normalized spacial score (nSPS) is 11.0. The Kier molecular flexibility index (Phi) is 10.6. The molecule has 4 aromatic rings. The fourth-order valence-corrected chi connectivity index (χ4v) is 4.66. The SMILES string of the molecule is COc1cc(/C=C(\C#N)C(=O)Nc2ccc(OCc3ccc(Cl)cc3)cc2)cc(Br)c1OCc1ccc(Cl)c(Cl)c1. The minimum atomic E-state index is -0.558. The zero-order valence-electron chi connectivity index (χ0n) is 21.6. The molecule has 0 fully saturated rings. The minimum absolute atomic E-state index is 0.0912. The molecule has 0 saturated carbocycles. The van der Waals surface area contributed by atoms with E-state index in [0.29, 0.717) is 54.6 Å². The van der Waals surface area contributed by atoms with Crippen LogP contribution in [-0.2, 0) is 18.0 Å². The van der Waals surface area contributed by atoms with Crippen molar-refractivity contribution in [3.63, 3.8) is 0 Å². The van der Waals surface area contributed by atoms with Gasteiger partial charge in [-0.05, 0) is 99.4 Å². The predicted octanol–water partition coefficient (Wildman–Crippen LogP) is 9.12. The number of methoxy groups -OCH3 is 1. The van der Waals surface area contributed by atoms with E-state index < -0.39 is 5.91 Å². The quantitative estimate of drug-likeness (QED) is 0.134. The van der Waals surface area contributed by atoms with Gasteiger partial charge in [-0.2, -0.15) is 5.26 Å². The van der Waals surface area contributed by atoms with Gasteiger partial charge in [0.1, 0.15) is 30.6 Å². The highest BCUT2D eigenvalue weighted by Gasteiger charge is 2.15. The molecule has 208 valence electrons. The summed E-state index contributed by atoms with van der Waals surface area (Å²) in [6, 6.07) is 24.8. The Hall–Kier alpha value is -3.67. The summed E-state index contributed by atoms with van der Waals surface area (Å²) in [5.74, 6) is 0.944. The van der Waals surface area contributed by atoms with Crippen molar-refractivity contribution in [3.8, 4) is 23.3 Å². The Morgan fingerprint density at radius 3 is 2.24 bits per heavy atom. The zero-order valence-corrected chi connectivity index (χ0v) is 25.4. The summed E-state index contributed by atoms with van der Waals surface area (Å²) >= 11 is 21.5. The van der Waals surface area contributed by atoms with Crippen LogP contribution in [0.1, 0.15) is 16.7 Å². The van der Waals surface area contributed by atoms with E-state index in [2.05, 4.69) is 21.2 Å². The highest BCUT2D eigenvalue weighted by Crippen LogP contribution is 2.38. The first-order valence-electron chi connectivity index (χ1n) is 12.1. The standard InChI is InChI=1S/C31H22BrCl3N2O4/c1-39-29-15-21(13-26(32)30(29)41-18-20-4-11-27(34)28(35)14-20)12-22(16-36)31(38)37-24-7-9-25(10-8-24)40-17-19-2-5-23(33)6-3-19/h2-15H,17-18H2,1H3,(H,37,38)/b22-12+. The summed E-state index contributed by atoms with van der Waals surface area (Å²) in [5.41, 5.74) is 2.78. The molecule has 10 heteroatoms. The third-order valence-corrected chi connectivity index (χ3v) is 7.31. The van der Waals surface area contributed by atoms with Crippen molar-refractivity contribution in [3.05, 3.63) is 121 Å². The van der Waals surface area contributed by atoms with Crippen LogP contribution >= 0.6 is 50.7 Å². The number of rotatable bonds is 10. The Labute approximate surface area is 261 Å². The molecule has 1 N–H and O–H groups in total. The third-order valence-electron chi connectivity index (χ3n) is 5.73. The van der Waals surface area contributed by atoms with Crippen molar-refractivity contribution in [1.82, 2.24) is 0 Å². The lowest BCUT2D eigenvalue weighted by molar-refractivity contribution is -0.112. The number of hydrogen-bond donors (Lipinski definition) is 1. The van der Waals surface area contributed by atoms with Crippen LogP contribution in [-0.4, -0.2) is 13.0 Å². The Balaban J connectivity index is 1.41. The number of carbonyl (C=O) groups is 1. The average molecular weight is 673 g/mol. The summed E-state index contributed by atoms with van der Waals surface area (Å²) in [6.07, 6.45) is 1.47. The maximum atomic E-state index is 12.9. The summed E-state index contributed by atoms with van der Waals surface area (Å²) in [6.45, 7) is 0.598. The number of carbonyl (C=O) groups excluding carboxylic acids is 1. The van der Waals surface area contributed by atoms with Crippen molar-refractivity contribution in [2.45, 2.75) is 13.2 Å². The maximum Gasteiger partial charge on any atom is 0.266 e. The van der Waals surface area contributed by atoms with Gasteiger partial charge in [-0.3, -0.25) is 4.79 Å². The second kappa shape index (κ2) is 14.3. The van der Waals surface area contributed by atoms with Crippen LogP contribution in [0.5, 0.6) is 17.2 Å². The number of halogens is 4. The number of nitrogens with one attached hydrogen (secondary N) is 1. The Bertz CT molecular complexity index is 1620. The van der Waals surface area contributed by atoms with E-state index in [9.17, 15) is 10.1 Å². The monoisotopic (exact) mass is 670 g/mol.